The van der Waals surface area contributed by atoms with E-state index in [1.807, 2.05) is 12.1 Å². The molecule has 1 aromatic heterocycles. The molecule has 0 spiro atoms. The van der Waals surface area contributed by atoms with Crippen molar-refractivity contribution >= 4 is 15.9 Å². The molecule has 1 heterocycles. The first-order valence-corrected chi connectivity index (χ1v) is 4.79. The van der Waals surface area contributed by atoms with Gasteiger partial charge in [0.2, 0.25) is 0 Å². The summed E-state index contributed by atoms with van der Waals surface area (Å²) in [5, 5.41) is 9.13. The number of hydrogen-bond donors (Lipinski definition) is 1. The minimum Gasteiger partial charge on any atom is -0.395 e. The molecule has 1 fully saturated rings. The van der Waals surface area contributed by atoms with E-state index < -0.39 is 0 Å². The number of pyridine rings is 1. The van der Waals surface area contributed by atoms with Crippen LogP contribution in [0.15, 0.2) is 22.8 Å². The molecule has 64 valence electrons. The normalized spacial score (nSPS) is 19.2. The van der Waals surface area contributed by atoms with Gasteiger partial charge in [-0.1, -0.05) is 0 Å². The molecule has 0 aliphatic heterocycles. The van der Waals surface area contributed by atoms with E-state index in [0.717, 1.165) is 23.0 Å². The molecule has 2 rings (SSSR count). The van der Waals surface area contributed by atoms with Crippen molar-refractivity contribution in [1.82, 2.24) is 4.98 Å². The van der Waals surface area contributed by atoms with Gasteiger partial charge in [0, 0.05) is 21.8 Å². The highest BCUT2D eigenvalue weighted by atomic mass is 79.9. The van der Waals surface area contributed by atoms with E-state index in [-0.39, 0.29) is 12.0 Å². The Morgan fingerprint density at radius 1 is 1.50 bits per heavy atom. The van der Waals surface area contributed by atoms with E-state index in [4.69, 9.17) is 5.11 Å². The fourth-order valence-corrected chi connectivity index (χ4v) is 1.57. The molecule has 2 nitrogen and oxygen atoms in total. The van der Waals surface area contributed by atoms with Gasteiger partial charge >= 0.3 is 0 Å². The zero-order valence-corrected chi connectivity index (χ0v) is 8.21. The SMILES string of the molecule is OCC1(c2ccc(Br)cn2)CC1. The van der Waals surface area contributed by atoms with Gasteiger partial charge in [-0.15, -0.1) is 0 Å². The van der Waals surface area contributed by atoms with Crippen molar-refractivity contribution in [3.63, 3.8) is 0 Å². The first kappa shape index (κ1) is 8.20. The molecule has 0 saturated heterocycles. The molecule has 0 bridgehead atoms. The van der Waals surface area contributed by atoms with Crippen LogP contribution in [0.2, 0.25) is 0 Å². The van der Waals surface area contributed by atoms with Crippen molar-refractivity contribution in [2.75, 3.05) is 6.61 Å². The summed E-state index contributed by atoms with van der Waals surface area (Å²) in [6.07, 6.45) is 3.92. The van der Waals surface area contributed by atoms with E-state index in [1.54, 1.807) is 6.20 Å². The maximum Gasteiger partial charge on any atom is 0.0543 e. The Bertz CT molecular complexity index is 279. The van der Waals surface area contributed by atoms with E-state index in [2.05, 4.69) is 20.9 Å². The van der Waals surface area contributed by atoms with E-state index in [1.165, 1.54) is 0 Å². The molecule has 1 saturated carbocycles. The summed E-state index contributed by atoms with van der Waals surface area (Å²) in [4.78, 5) is 4.28. The fraction of sp³-hybridized carbons (Fsp3) is 0.444. The van der Waals surface area contributed by atoms with Crippen LogP contribution < -0.4 is 0 Å². The number of halogens is 1. The second-order valence-corrected chi connectivity index (χ2v) is 4.22. The molecule has 0 unspecified atom stereocenters. The second-order valence-electron chi connectivity index (χ2n) is 3.30. The van der Waals surface area contributed by atoms with E-state index in [0.29, 0.717) is 0 Å². The van der Waals surface area contributed by atoms with Gasteiger partial charge in [-0.25, -0.2) is 0 Å². The standard InChI is InChI=1S/C9H10BrNO/c10-7-1-2-8(11-5-7)9(6-12)3-4-9/h1-2,5,12H,3-4,6H2. The average molecular weight is 228 g/mol. The summed E-state index contributed by atoms with van der Waals surface area (Å²) in [5.74, 6) is 0. The Hall–Kier alpha value is -0.410. The highest BCUT2D eigenvalue weighted by Crippen LogP contribution is 2.46. The van der Waals surface area contributed by atoms with Gasteiger partial charge in [0.15, 0.2) is 0 Å². The van der Waals surface area contributed by atoms with Gasteiger partial charge < -0.3 is 5.11 Å². The van der Waals surface area contributed by atoms with Crippen LogP contribution in [-0.4, -0.2) is 16.7 Å². The van der Waals surface area contributed by atoms with Crippen LogP contribution in [0.4, 0.5) is 0 Å². The molecular formula is C9H10BrNO. The van der Waals surface area contributed by atoms with Crippen molar-refractivity contribution in [1.29, 1.82) is 0 Å². The van der Waals surface area contributed by atoms with Crippen LogP contribution in [0.3, 0.4) is 0 Å². The zero-order chi connectivity index (χ0) is 8.60. The molecule has 1 aromatic rings. The molecule has 12 heavy (non-hydrogen) atoms. The minimum absolute atomic E-state index is 0.000694. The Morgan fingerprint density at radius 2 is 2.25 bits per heavy atom. The lowest BCUT2D eigenvalue weighted by atomic mass is 10.0. The molecule has 1 aliphatic carbocycles. The largest absolute Gasteiger partial charge is 0.395 e. The van der Waals surface area contributed by atoms with Gasteiger partial charge in [-0.3, -0.25) is 4.98 Å². The van der Waals surface area contributed by atoms with Crippen molar-refractivity contribution in [3.05, 3.63) is 28.5 Å². The van der Waals surface area contributed by atoms with Crippen LogP contribution in [0.25, 0.3) is 0 Å². The Morgan fingerprint density at radius 3 is 2.67 bits per heavy atom. The van der Waals surface area contributed by atoms with Gasteiger partial charge in [-0.2, -0.15) is 0 Å². The monoisotopic (exact) mass is 227 g/mol. The summed E-state index contributed by atoms with van der Waals surface area (Å²) < 4.78 is 0.986. The topological polar surface area (TPSA) is 33.1 Å². The van der Waals surface area contributed by atoms with Crippen LogP contribution in [0.1, 0.15) is 18.5 Å². The lowest BCUT2D eigenvalue weighted by Crippen LogP contribution is -2.13. The summed E-state index contributed by atoms with van der Waals surface area (Å²) in [7, 11) is 0. The second kappa shape index (κ2) is 2.82. The van der Waals surface area contributed by atoms with E-state index >= 15 is 0 Å². The zero-order valence-electron chi connectivity index (χ0n) is 6.63. The van der Waals surface area contributed by atoms with Gasteiger partial charge in [0.1, 0.15) is 0 Å². The van der Waals surface area contributed by atoms with Gasteiger partial charge in [-0.05, 0) is 40.9 Å². The summed E-state index contributed by atoms with van der Waals surface area (Å²) in [6, 6.07) is 3.95. The lowest BCUT2D eigenvalue weighted by Gasteiger charge is -2.09. The number of aliphatic hydroxyl groups is 1. The van der Waals surface area contributed by atoms with Crippen molar-refractivity contribution in [3.8, 4) is 0 Å². The molecule has 1 aliphatic rings. The summed E-state index contributed by atoms with van der Waals surface area (Å²) in [6.45, 7) is 0.224. The third-order valence-electron chi connectivity index (χ3n) is 2.43. The van der Waals surface area contributed by atoms with Gasteiger partial charge in [0.25, 0.3) is 0 Å². The highest BCUT2D eigenvalue weighted by molar-refractivity contribution is 9.10. The molecular weight excluding hydrogens is 218 g/mol. The van der Waals surface area contributed by atoms with Crippen molar-refractivity contribution in [2.24, 2.45) is 0 Å². The summed E-state index contributed by atoms with van der Waals surface area (Å²) >= 11 is 3.33. The number of rotatable bonds is 2. The molecule has 0 aromatic carbocycles. The van der Waals surface area contributed by atoms with Gasteiger partial charge in [0.05, 0.1) is 6.61 Å². The van der Waals surface area contributed by atoms with Crippen LogP contribution in [0, 0.1) is 0 Å². The van der Waals surface area contributed by atoms with Crippen LogP contribution >= 0.6 is 15.9 Å². The van der Waals surface area contributed by atoms with E-state index in [9.17, 15) is 0 Å². The number of hydrogen-bond acceptors (Lipinski definition) is 2. The smallest absolute Gasteiger partial charge is 0.0543 e. The minimum atomic E-state index is 0.000694. The third kappa shape index (κ3) is 1.27. The first-order chi connectivity index (χ1) is 5.77. The maximum atomic E-state index is 9.13. The molecule has 3 heteroatoms. The van der Waals surface area contributed by atoms with Crippen molar-refractivity contribution in [2.45, 2.75) is 18.3 Å². The quantitative estimate of drug-likeness (QED) is 0.838. The Balaban J connectivity index is 2.29. The number of aromatic nitrogens is 1. The highest BCUT2D eigenvalue weighted by Gasteiger charge is 2.44. The number of aliphatic hydroxyl groups excluding tert-OH is 1. The van der Waals surface area contributed by atoms with Crippen LogP contribution in [0.5, 0.6) is 0 Å². The summed E-state index contributed by atoms with van der Waals surface area (Å²) in [5.41, 5.74) is 1.02. The molecule has 0 amide bonds. The first-order valence-electron chi connectivity index (χ1n) is 4.00. The number of nitrogens with zero attached hydrogens (tertiary/aromatic N) is 1. The molecule has 1 N–H and O–H groups in total. The third-order valence-corrected chi connectivity index (χ3v) is 2.90. The fourth-order valence-electron chi connectivity index (χ4n) is 1.34. The predicted octanol–water partition coefficient (Wildman–Crippen LogP) is 1.87. The molecule has 0 atom stereocenters. The Kier molecular flexibility index (Phi) is 1.93. The average Bonchev–Trinajstić information content (AvgIpc) is 2.86. The predicted molar refractivity (Wildman–Crippen MR) is 49.9 cm³/mol. The van der Waals surface area contributed by atoms with Crippen molar-refractivity contribution < 1.29 is 5.11 Å². The maximum absolute atomic E-state index is 9.13. The molecule has 0 radical (unpaired) electrons. The lowest BCUT2D eigenvalue weighted by molar-refractivity contribution is 0.252. The van der Waals surface area contributed by atoms with Crippen LogP contribution in [-0.2, 0) is 5.41 Å². The Labute approximate surface area is 79.8 Å².